The van der Waals surface area contributed by atoms with Crippen LogP contribution in [0.3, 0.4) is 0 Å². The Balaban J connectivity index is 1.85. The average Bonchev–Trinajstić information content (AvgIpc) is 2.58. The van der Waals surface area contributed by atoms with Gasteiger partial charge in [0.25, 0.3) is 0 Å². The van der Waals surface area contributed by atoms with E-state index in [4.69, 9.17) is 5.73 Å². The summed E-state index contributed by atoms with van der Waals surface area (Å²) in [6.45, 7) is 4.89. The number of hydrogen-bond acceptors (Lipinski definition) is 2. The second kappa shape index (κ2) is 6.05. The van der Waals surface area contributed by atoms with E-state index in [-0.39, 0.29) is 5.41 Å². The molecule has 1 aliphatic heterocycles. The van der Waals surface area contributed by atoms with Gasteiger partial charge in [0.05, 0.1) is 0 Å². The number of amides is 1. The average molecular weight is 252 g/mol. The molecule has 0 aromatic heterocycles. The van der Waals surface area contributed by atoms with Crippen LogP contribution in [0.25, 0.3) is 0 Å². The zero-order valence-corrected chi connectivity index (χ0v) is 11.8. The number of carbonyl (C=O) groups excluding carboxylic acids is 1. The molecule has 104 valence electrons. The first-order chi connectivity index (χ1) is 8.69. The van der Waals surface area contributed by atoms with Crippen molar-refractivity contribution in [2.45, 2.75) is 58.3 Å². The van der Waals surface area contributed by atoms with Crippen molar-refractivity contribution in [2.24, 2.45) is 17.1 Å². The first kappa shape index (κ1) is 13.9. The molecule has 1 aliphatic carbocycles. The quantitative estimate of drug-likeness (QED) is 0.836. The molecule has 1 heterocycles. The van der Waals surface area contributed by atoms with E-state index in [1.807, 2.05) is 0 Å². The monoisotopic (exact) mass is 252 g/mol. The number of nitrogens with two attached hydrogens (primary N) is 1. The first-order valence-corrected chi connectivity index (χ1v) is 7.67. The molecule has 3 nitrogen and oxygen atoms in total. The van der Waals surface area contributed by atoms with Gasteiger partial charge >= 0.3 is 0 Å². The summed E-state index contributed by atoms with van der Waals surface area (Å²) < 4.78 is 0. The van der Waals surface area contributed by atoms with Crippen molar-refractivity contribution in [2.75, 3.05) is 19.6 Å². The molecular weight excluding hydrogens is 224 g/mol. The van der Waals surface area contributed by atoms with Crippen LogP contribution in [-0.2, 0) is 4.79 Å². The molecule has 0 radical (unpaired) electrons. The fourth-order valence-corrected chi connectivity index (χ4v) is 3.39. The van der Waals surface area contributed by atoms with E-state index < -0.39 is 0 Å². The summed E-state index contributed by atoms with van der Waals surface area (Å²) in [6, 6.07) is 0. The predicted octanol–water partition coefficient (Wildman–Crippen LogP) is 2.54. The van der Waals surface area contributed by atoms with Crippen LogP contribution in [0.15, 0.2) is 0 Å². The molecule has 1 atom stereocenters. The van der Waals surface area contributed by atoms with Gasteiger partial charge in [-0.3, -0.25) is 4.79 Å². The molecule has 2 rings (SSSR count). The highest BCUT2D eigenvalue weighted by atomic mass is 16.2. The minimum atomic E-state index is 0.160. The van der Waals surface area contributed by atoms with Gasteiger partial charge in [-0.05, 0) is 50.0 Å². The summed E-state index contributed by atoms with van der Waals surface area (Å²) in [4.78, 5) is 14.5. The lowest BCUT2D eigenvalue weighted by molar-refractivity contribution is -0.135. The van der Waals surface area contributed by atoms with E-state index in [2.05, 4.69) is 11.8 Å². The van der Waals surface area contributed by atoms with Gasteiger partial charge in [0.15, 0.2) is 0 Å². The molecule has 0 bridgehead atoms. The Morgan fingerprint density at radius 1 is 1.28 bits per heavy atom. The summed E-state index contributed by atoms with van der Waals surface area (Å²) in [6.07, 6.45) is 9.18. The molecule has 0 aromatic carbocycles. The highest BCUT2D eigenvalue weighted by Gasteiger charge is 2.38. The van der Waals surface area contributed by atoms with Crippen molar-refractivity contribution in [1.29, 1.82) is 0 Å². The first-order valence-electron chi connectivity index (χ1n) is 7.67. The summed E-state index contributed by atoms with van der Waals surface area (Å²) in [7, 11) is 0. The van der Waals surface area contributed by atoms with Crippen LogP contribution in [0.4, 0.5) is 0 Å². The molecule has 1 saturated carbocycles. The molecule has 2 N–H and O–H groups in total. The summed E-state index contributed by atoms with van der Waals surface area (Å²) >= 11 is 0. The van der Waals surface area contributed by atoms with Crippen molar-refractivity contribution >= 4 is 5.91 Å². The Morgan fingerprint density at radius 3 is 2.61 bits per heavy atom. The molecule has 0 spiro atoms. The highest BCUT2D eigenvalue weighted by molar-refractivity contribution is 5.77. The lowest BCUT2D eigenvalue weighted by atomic mass is 9.66. The predicted molar refractivity (Wildman–Crippen MR) is 74.2 cm³/mol. The second-order valence-corrected chi connectivity index (χ2v) is 6.32. The van der Waals surface area contributed by atoms with E-state index >= 15 is 0 Å². The number of hydrogen-bond donors (Lipinski definition) is 1. The van der Waals surface area contributed by atoms with Gasteiger partial charge < -0.3 is 10.6 Å². The maximum atomic E-state index is 12.4. The van der Waals surface area contributed by atoms with Crippen molar-refractivity contribution in [1.82, 2.24) is 4.90 Å². The Bertz CT molecular complexity index is 281. The number of likely N-dealkylation sites (tertiary alicyclic amines) is 1. The van der Waals surface area contributed by atoms with E-state index in [9.17, 15) is 4.79 Å². The van der Waals surface area contributed by atoms with Crippen molar-refractivity contribution in [3.63, 3.8) is 0 Å². The van der Waals surface area contributed by atoms with E-state index in [0.717, 1.165) is 31.8 Å². The van der Waals surface area contributed by atoms with Crippen LogP contribution < -0.4 is 5.73 Å². The second-order valence-electron chi connectivity index (χ2n) is 6.32. The van der Waals surface area contributed by atoms with Gasteiger partial charge in [0, 0.05) is 19.5 Å². The lowest BCUT2D eigenvalue weighted by Crippen LogP contribution is -2.43. The third kappa shape index (κ3) is 3.05. The van der Waals surface area contributed by atoms with Gasteiger partial charge in [-0.15, -0.1) is 0 Å². The van der Waals surface area contributed by atoms with Crippen LogP contribution in [-0.4, -0.2) is 30.4 Å². The summed E-state index contributed by atoms with van der Waals surface area (Å²) in [5.74, 6) is 1.19. The number of carbonyl (C=O) groups is 1. The lowest BCUT2D eigenvalue weighted by Gasteiger charge is -2.41. The molecule has 1 saturated heterocycles. The Labute approximate surface area is 111 Å². The zero-order valence-electron chi connectivity index (χ0n) is 11.8. The maximum Gasteiger partial charge on any atom is 0.223 e. The summed E-state index contributed by atoms with van der Waals surface area (Å²) in [5, 5.41) is 0. The minimum Gasteiger partial charge on any atom is -0.343 e. The van der Waals surface area contributed by atoms with Gasteiger partial charge in [-0.2, -0.15) is 0 Å². The Kier molecular flexibility index (Phi) is 4.66. The molecule has 1 unspecified atom stereocenters. The van der Waals surface area contributed by atoms with E-state index in [1.54, 1.807) is 0 Å². The standard InChI is InChI=1S/C15H28N2O/c1-2-13-5-3-9-17(10-6-13)14(18)11-15(12-16)7-4-8-15/h13H,2-12,16H2,1H3. The zero-order chi connectivity index (χ0) is 13.0. The number of rotatable bonds is 4. The van der Waals surface area contributed by atoms with Crippen molar-refractivity contribution in [3.8, 4) is 0 Å². The van der Waals surface area contributed by atoms with Crippen molar-refractivity contribution < 1.29 is 4.79 Å². The molecule has 0 aromatic rings. The van der Waals surface area contributed by atoms with Gasteiger partial charge in [0.1, 0.15) is 0 Å². The number of nitrogens with zero attached hydrogens (tertiary/aromatic N) is 1. The maximum absolute atomic E-state index is 12.4. The third-order valence-corrected chi connectivity index (χ3v) is 5.15. The Morgan fingerprint density at radius 2 is 2.06 bits per heavy atom. The smallest absolute Gasteiger partial charge is 0.223 e. The van der Waals surface area contributed by atoms with Crippen molar-refractivity contribution in [3.05, 3.63) is 0 Å². The topological polar surface area (TPSA) is 46.3 Å². The highest BCUT2D eigenvalue weighted by Crippen LogP contribution is 2.43. The molecule has 1 amide bonds. The Hall–Kier alpha value is -0.570. The molecule has 2 aliphatic rings. The van der Waals surface area contributed by atoms with Crippen LogP contribution in [0.2, 0.25) is 0 Å². The molecule has 3 heteroatoms. The fraction of sp³-hybridized carbons (Fsp3) is 0.933. The molecule has 18 heavy (non-hydrogen) atoms. The van der Waals surface area contributed by atoms with Gasteiger partial charge in [-0.1, -0.05) is 19.8 Å². The van der Waals surface area contributed by atoms with Crippen LogP contribution in [0.1, 0.15) is 58.3 Å². The minimum absolute atomic E-state index is 0.160. The third-order valence-electron chi connectivity index (χ3n) is 5.15. The SMILES string of the molecule is CCC1CCCN(C(=O)CC2(CN)CCC2)CC1. The fourth-order valence-electron chi connectivity index (χ4n) is 3.39. The largest absolute Gasteiger partial charge is 0.343 e. The van der Waals surface area contributed by atoms with Crippen LogP contribution >= 0.6 is 0 Å². The molecular formula is C15H28N2O. The van der Waals surface area contributed by atoms with E-state index in [1.165, 1.54) is 32.1 Å². The molecule has 2 fully saturated rings. The van der Waals surface area contributed by atoms with Gasteiger partial charge in [-0.25, -0.2) is 0 Å². The van der Waals surface area contributed by atoms with Crippen LogP contribution in [0, 0.1) is 11.3 Å². The van der Waals surface area contributed by atoms with E-state index in [0.29, 0.717) is 18.9 Å². The normalized spacial score (nSPS) is 27.4. The van der Waals surface area contributed by atoms with Gasteiger partial charge in [0.2, 0.25) is 5.91 Å². The van der Waals surface area contributed by atoms with Crippen LogP contribution in [0.5, 0.6) is 0 Å². The summed E-state index contributed by atoms with van der Waals surface area (Å²) in [5.41, 5.74) is 6.01.